The van der Waals surface area contributed by atoms with Crippen molar-refractivity contribution < 1.29 is 9.53 Å². The number of likely N-dealkylation sites (tertiary alicyclic amines) is 1. The first-order valence-electron chi connectivity index (χ1n) is 9.37. The zero-order chi connectivity index (χ0) is 16.4. The van der Waals surface area contributed by atoms with Crippen LogP contribution < -0.4 is 5.32 Å². The van der Waals surface area contributed by atoms with Crippen LogP contribution in [0.3, 0.4) is 0 Å². The number of rotatable bonds is 2. The van der Waals surface area contributed by atoms with Crippen LogP contribution in [0.25, 0.3) is 0 Å². The second-order valence-corrected chi connectivity index (χ2v) is 8.53. The zero-order valence-electron chi connectivity index (χ0n) is 15.0. The van der Waals surface area contributed by atoms with Crippen LogP contribution in [0.5, 0.6) is 0 Å². The van der Waals surface area contributed by atoms with E-state index < -0.39 is 5.60 Å². The minimum atomic E-state index is -0.414. The topological polar surface area (TPSA) is 44.8 Å². The molecule has 5 heteroatoms. The number of amides is 1. The van der Waals surface area contributed by atoms with E-state index in [1.165, 1.54) is 45.3 Å². The molecule has 4 atom stereocenters. The minimum absolute atomic E-state index is 0.151. The Balaban J connectivity index is 1.55. The molecule has 0 aliphatic carbocycles. The third kappa shape index (κ3) is 4.60. The predicted molar refractivity (Wildman–Crippen MR) is 91.5 cm³/mol. The van der Waals surface area contributed by atoms with Crippen molar-refractivity contribution in [2.75, 3.05) is 32.7 Å². The second kappa shape index (κ2) is 6.98. The van der Waals surface area contributed by atoms with E-state index in [4.69, 9.17) is 4.74 Å². The first kappa shape index (κ1) is 17.0. The molecule has 0 radical (unpaired) electrons. The van der Waals surface area contributed by atoms with Gasteiger partial charge < -0.3 is 19.9 Å². The Morgan fingerprint density at radius 3 is 2.61 bits per heavy atom. The molecular formula is C18H33N3O2. The van der Waals surface area contributed by atoms with Gasteiger partial charge in [0.1, 0.15) is 5.60 Å². The van der Waals surface area contributed by atoms with Crippen LogP contribution in [0.2, 0.25) is 0 Å². The molecular weight excluding hydrogens is 290 g/mol. The van der Waals surface area contributed by atoms with Crippen molar-refractivity contribution in [3.63, 3.8) is 0 Å². The van der Waals surface area contributed by atoms with E-state index in [0.717, 1.165) is 25.4 Å². The molecule has 3 heterocycles. The molecule has 0 spiro atoms. The molecule has 0 aromatic heterocycles. The van der Waals surface area contributed by atoms with Gasteiger partial charge in [-0.1, -0.05) is 6.42 Å². The molecule has 3 aliphatic heterocycles. The lowest BCUT2D eigenvalue weighted by atomic mass is 9.93. The molecule has 0 saturated carbocycles. The normalized spacial score (nSPS) is 35.0. The van der Waals surface area contributed by atoms with Crippen molar-refractivity contribution in [3.8, 4) is 0 Å². The highest BCUT2D eigenvalue weighted by Gasteiger charge is 2.36. The van der Waals surface area contributed by atoms with E-state index in [0.29, 0.717) is 12.1 Å². The van der Waals surface area contributed by atoms with Gasteiger partial charge in [-0.05, 0) is 65.5 Å². The smallest absolute Gasteiger partial charge is 0.410 e. The van der Waals surface area contributed by atoms with E-state index >= 15 is 0 Å². The second-order valence-electron chi connectivity index (χ2n) is 8.53. The summed E-state index contributed by atoms with van der Waals surface area (Å²) in [6, 6.07) is 1.06. The quantitative estimate of drug-likeness (QED) is 0.848. The van der Waals surface area contributed by atoms with Crippen LogP contribution in [0.4, 0.5) is 4.79 Å². The van der Waals surface area contributed by atoms with E-state index in [1.807, 2.05) is 25.7 Å². The van der Waals surface area contributed by atoms with E-state index in [2.05, 4.69) is 10.2 Å². The lowest BCUT2D eigenvalue weighted by molar-refractivity contribution is 0.0239. The maximum absolute atomic E-state index is 12.4. The summed E-state index contributed by atoms with van der Waals surface area (Å²) in [5.41, 5.74) is -0.414. The number of nitrogens with one attached hydrogen (secondary N) is 1. The van der Waals surface area contributed by atoms with Crippen molar-refractivity contribution in [1.82, 2.24) is 15.1 Å². The predicted octanol–water partition coefficient (Wildman–Crippen LogP) is 2.46. The van der Waals surface area contributed by atoms with Crippen LogP contribution in [0.1, 0.15) is 52.9 Å². The number of piperidine rings is 1. The van der Waals surface area contributed by atoms with Gasteiger partial charge in [-0.25, -0.2) is 4.79 Å². The van der Waals surface area contributed by atoms with Gasteiger partial charge in [0.25, 0.3) is 0 Å². The van der Waals surface area contributed by atoms with Gasteiger partial charge in [-0.2, -0.15) is 0 Å². The fourth-order valence-electron chi connectivity index (χ4n) is 4.24. The maximum Gasteiger partial charge on any atom is 0.410 e. The van der Waals surface area contributed by atoms with Gasteiger partial charge in [0.2, 0.25) is 0 Å². The molecule has 0 aromatic rings. The Morgan fingerprint density at radius 2 is 1.83 bits per heavy atom. The Morgan fingerprint density at radius 1 is 1.04 bits per heavy atom. The van der Waals surface area contributed by atoms with Gasteiger partial charge in [0.15, 0.2) is 0 Å². The Hall–Kier alpha value is -0.810. The fourth-order valence-corrected chi connectivity index (χ4v) is 4.24. The fraction of sp³-hybridized carbons (Fsp3) is 0.944. The standard InChI is InChI=1S/C18H33N3O2/c1-18(2,3)23-17(22)21-9-5-4-6-15(13-21)19-16-8-11-20-10-7-14(16)12-20/h14-16,19H,4-13H2,1-3H3. The minimum Gasteiger partial charge on any atom is -0.444 e. The van der Waals surface area contributed by atoms with Gasteiger partial charge in [-0.3, -0.25) is 0 Å². The number of fused-ring (bicyclic) bond motifs is 2. The van der Waals surface area contributed by atoms with Crippen LogP contribution in [-0.2, 0) is 4.74 Å². The maximum atomic E-state index is 12.4. The van der Waals surface area contributed by atoms with Crippen molar-refractivity contribution in [1.29, 1.82) is 0 Å². The molecule has 3 rings (SSSR count). The number of carbonyl (C=O) groups excluding carboxylic acids is 1. The molecule has 2 bridgehead atoms. The van der Waals surface area contributed by atoms with Gasteiger partial charge in [0, 0.05) is 31.7 Å². The average molecular weight is 323 g/mol. The molecule has 0 aromatic carbocycles. The highest BCUT2D eigenvalue weighted by atomic mass is 16.6. The molecule has 23 heavy (non-hydrogen) atoms. The highest BCUT2D eigenvalue weighted by molar-refractivity contribution is 5.68. The van der Waals surface area contributed by atoms with Crippen molar-refractivity contribution in [3.05, 3.63) is 0 Å². The molecule has 1 amide bonds. The van der Waals surface area contributed by atoms with Gasteiger partial charge in [0.05, 0.1) is 0 Å². The molecule has 3 saturated heterocycles. The van der Waals surface area contributed by atoms with Gasteiger partial charge in [-0.15, -0.1) is 0 Å². The summed E-state index contributed by atoms with van der Waals surface area (Å²) in [5.74, 6) is 0.807. The number of nitrogens with zero attached hydrogens (tertiary/aromatic N) is 2. The molecule has 3 fully saturated rings. The van der Waals surface area contributed by atoms with Crippen LogP contribution >= 0.6 is 0 Å². The lowest BCUT2D eigenvalue weighted by Gasteiger charge is -2.35. The van der Waals surface area contributed by atoms with Crippen molar-refractivity contribution >= 4 is 6.09 Å². The monoisotopic (exact) mass is 323 g/mol. The highest BCUT2D eigenvalue weighted by Crippen LogP contribution is 2.28. The van der Waals surface area contributed by atoms with Crippen LogP contribution in [0.15, 0.2) is 0 Å². The Kier molecular flexibility index (Phi) is 5.16. The Labute approximate surface area is 140 Å². The average Bonchev–Trinajstić information content (AvgIpc) is 2.69. The van der Waals surface area contributed by atoms with E-state index in [-0.39, 0.29) is 6.09 Å². The van der Waals surface area contributed by atoms with Crippen molar-refractivity contribution in [2.24, 2.45) is 5.92 Å². The third-order valence-electron chi connectivity index (χ3n) is 5.41. The molecule has 3 aliphatic rings. The summed E-state index contributed by atoms with van der Waals surface area (Å²) in [7, 11) is 0. The summed E-state index contributed by atoms with van der Waals surface area (Å²) >= 11 is 0. The summed E-state index contributed by atoms with van der Waals surface area (Å²) in [6.07, 6.45) is 5.89. The number of hydrogen-bond acceptors (Lipinski definition) is 4. The molecule has 4 unspecified atom stereocenters. The SMILES string of the molecule is CC(C)(C)OC(=O)N1CCCCC(NC2CCN3CCC2C3)C1. The third-order valence-corrected chi connectivity index (χ3v) is 5.41. The lowest BCUT2D eigenvalue weighted by Crippen LogP contribution is -2.51. The van der Waals surface area contributed by atoms with Crippen LogP contribution in [-0.4, -0.2) is 66.3 Å². The summed E-state index contributed by atoms with van der Waals surface area (Å²) in [4.78, 5) is 16.9. The van der Waals surface area contributed by atoms with Crippen molar-refractivity contribution in [2.45, 2.75) is 70.6 Å². The largest absolute Gasteiger partial charge is 0.444 e. The Bertz CT molecular complexity index is 421. The first-order chi connectivity index (χ1) is 10.9. The van der Waals surface area contributed by atoms with E-state index in [9.17, 15) is 4.79 Å². The molecule has 1 N–H and O–H groups in total. The van der Waals surface area contributed by atoms with Crippen LogP contribution in [0, 0.1) is 5.92 Å². The number of ether oxygens (including phenoxy) is 1. The summed E-state index contributed by atoms with van der Waals surface area (Å²) < 4.78 is 5.57. The summed E-state index contributed by atoms with van der Waals surface area (Å²) in [5, 5.41) is 3.90. The summed E-state index contributed by atoms with van der Waals surface area (Å²) in [6.45, 7) is 11.2. The number of carbonyl (C=O) groups is 1. The molecule has 132 valence electrons. The number of hydrogen-bond donors (Lipinski definition) is 1. The molecule has 5 nitrogen and oxygen atoms in total. The van der Waals surface area contributed by atoms with Gasteiger partial charge >= 0.3 is 6.09 Å². The first-order valence-corrected chi connectivity index (χ1v) is 9.37. The zero-order valence-corrected chi connectivity index (χ0v) is 15.0. The van der Waals surface area contributed by atoms with E-state index in [1.54, 1.807) is 0 Å².